The normalized spacial score (nSPS) is 13.4. The fraction of sp³-hybridized carbons (Fsp3) is 0.250. The van der Waals surface area contributed by atoms with Gasteiger partial charge in [0.25, 0.3) is 5.91 Å². The standard InChI is InChI=1S/C16H18N2O3S/c1-10(11-4-6-12(21-2)7-5-11)13-8-9-18-14(16(17)19)15(13)22(3)20/h4-10H,1-3H3,(H2,17,19)/t10-,22-/m1/s1. The Morgan fingerprint density at radius 3 is 2.41 bits per heavy atom. The maximum atomic E-state index is 12.1. The summed E-state index contributed by atoms with van der Waals surface area (Å²) in [6.45, 7) is 1.98. The number of hydrogen-bond donors (Lipinski definition) is 1. The van der Waals surface area contributed by atoms with Crippen LogP contribution >= 0.6 is 0 Å². The van der Waals surface area contributed by atoms with Crippen LogP contribution in [0.5, 0.6) is 5.75 Å². The molecule has 0 spiro atoms. The van der Waals surface area contributed by atoms with Crippen molar-refractivity contribution < 1.29 is 13.7 Å². The maximum Gasteiger partial charge on any atom is 0.268 e. The van der Waals surface area contributed by atoms with Crippen LogP contribution in [0.25, 0.3) is 0 Å². The molecule has 0 saturated heterocycles. The second kappa shape index (κ2) is 6.70. The zero-order chi connectivity index (χ0) is 16.3. The second-order valence-electron chi connectivity index (χ2n) is 4.89. The number of hydrogen-bond acceptors (Lipinski definition) is 4. The predicted octanol–water partition coefficient (Wildman–Crippen LogP) is 2.08. The Bertz CT molecular complexity index is 714. The smallest absolute Gasteiger partial charge is 0.268 e. The molecule has 0 aliphatic heterocycles. The molecule has 0 fully saturated rings. The first-order chi connectivity index (χ1) is 10.5. The molecule has 22 heavy (non-hydrogen) atoms. The zero-order valence-electron chi connectivity index (χ0n) is 12.7. The molecule has 0 aliphatic carbocycles. The lowest BCUT2D eigenvalue weighted by molar-refractivity contribution is 0.0992. The molecule has 6 heteroatoms. The van der Waals surface area contributed by atoms with Crippen LogP contribution in [-0.2, 0) is 10.8 Å². The van der Waals surface area contributed by atoms with Gasteiger partial charge in [0.1, 0.15) is 11.4 Å². The molecule has 2 aromatic rings. The van der Waals surface area contributed by atoms with Crippen LogP contribution in [0.15, 0.2) is 41.4 Å². The fourth-order valence-electron chi connectivity index (χ4n) is 2.35. The molecule has 0 radical (unpaired) electrons. The summed E-state index contributed by atoms with van der Waals surface area (Å²) in [5.41, 5.74) is 7.22. The molecule has 116 valence electrons. The Morgan fingerprint density at radius 1 is 1.27 bits per heavy atom. The number of carbonyl (C=O) groups excluding carboxylic acids is 1. The topological polar surface area (TPSA) is 82.3 Å². The third-order valence-corrected chi connectivity index (χ3v) is 4.54. The summed E-state index contributed by atoms with van der Waals surface area (Å²) >= 11 is 0. The van der Waals surface area contributed by atoms with Crippen molar-refractivity contribution in [2.75, 3.05) is 13.4 Å². The van der Waals surface area contributed by atoms with Crippen molar-refractivity contribution in [3.63, 3.8) is 0 Å². The van der Waals surface area contributed by atoms with E-state index in [9.17, 15) is 9.00 Å². The van der Waals surface area contributed by atoms with Crippen LogP contribution in [0.4, 0.5) is 0 Å². The van der Waals surface area contributed by atoms with Gasteiger partial charge < -0.3 is 10.5 Å². The quantitative estimate of drug-likeness (QED) is 0.915. The highest BCUT2D eigenvalue weighted by atomic mass is 32.2. The number of methoxy groups -OCH3 is 1. The van der Waals surface area contributed by atoms with E-state index >= 15 is 0 Å². The Morgan fingerprint density at radius 2 is 1.91 bits per heavy atom. The second-order valence-corrected chi connectivity index (χ2v) is 6.21. The van der Waals surface area contributed by atoms with E-state index in [1.165, 1.54) is 12.5 Å². The van der Waals surface area contributed by atoms with Gasteiger partial charge in [-0.15, -0.1) is 0 Å². The van der Waals surface area contributed by atoms with Crippen molar-refractivity contribution in [3.05, 3.63) is 53.3 Å². The molecule has 0 saturated carbocycles. The number of nitrogens with zero attached hydrogens (tertiary/aromatic N) is 1. The largest absolute Gasteiger partial charge is 0.497 e. The minimum atomic E-state index is -1.36. The van der Waals surface area contributed by atoms with Crippen molar-refractivity contribution in [3.8, 4) is 5.75 Å². The minimum absolute atomic E-state index is 0.0501. The Hall–Kier alpha value is -2.21. The van der Waals surface area contributed by atoms with E-state index in [1.54, 1.807) is 13.2 Å². The molecule has 0 bridgehead atoms. The van der Waals surface area contributed by atoms with Crippen molar-refractivity contribution in [1.82, 2.24) is 4.98 Å². The lowest BCUT2D eigenvalue weighted by Gasteiger charge is -2.17. The van der Waals surface area contributed by atoms with Crippen molar-refractivity contribution >= 4 is 16.7 Å². The van der Waals surface area contributed by atoms with Gasteiger partial charge in [-0.1, -0.05) is 19.1 Å². The number of nitrogens with two attached hydrogens (primary N) is 1. The average molecular weight is 318 g/mol. The maximum absolute atomic E-state index is 12.1. The molecule has 2 atom stereocenters. The summed E-state index contributed by atoms with van der Waals surface area (Å²) in [6.07, 6.45) is 3.04. The molecule has 1 aromatic carbocycles. The molecule has 0 unspecified atom stereocenters. The van der Waals surface area contributed by atoms with E-state index < -0.39 is 16.7 Å². The Labute approximate surface area is 132 Å². The molecular formula is C16H18N2O3S. The molecular weight excluding hydrogens is 300 g/mol. The van der Waals surface area contributed by atoms with Gasteiger partial charge in [-0.05, 0) is 29.3 Å². The van der Waals surface area contributed by atoms with Crippen LogP contribution in [-0.4, -0.2) is 28.5 Å². The number of ether oxygens (including phenoxy) is 1. The lowest BCUT2D eigenvalue weighted by Crippen LogP contribution is -2.18. The van der Waals surface area contributed by atoms with E-state index in [4.69, 9.17) is 10.5 Å². The van der Waals surface area contributed by atoms with Gasteiger partial charge in [-0.3, -0.25) is 9.00 Å². The summed E-state index contributed by atoms with van der Waals surface area (Å²) < 4.78 is 17.2. The molecule has 1 amide bonds. The van der Waals surface area contributed by atoms with Gasteiger partial charge in [0.05, 0.1) is 22.8 Å². The first-order valence-electron chi connectivity index (χ1n) is 6.71. The highest BCUT2D eigenvalue weighted by Crippen LogP contribution is 2.30. The van der Waals surface area contributed by atoms with Crippen molar-refractivity contribution in [1.29, 1.82) is 0 Å². The summed E-state index contributed by atoms with van der Waals surface area (Å²) in [5.74, 6) is 0.0441. The van der Waals surface area contributed by atoms with Gasteiger partial charge in [-0.25, -0.2) is 4.98 Å². The number of rotatable bonds is 5. The van der Waals surface area contributed by atoms with E-state index in [2.05, 4.69) is 4.98 Å². The molecule has 1 aromatic heterocycles. The average Bonchev–Trinajstić information content (AvgIpc) is 2.53. The van der Waals surface area contributed by atoms with Crippen LogP contribution in [0, 0.1) is 0 Å². The highest BCUT2D eigenvalue weighted by molar-refractivity contribution is 7.84. The number of pyridine rings is 1. The first kappa shape index (κ1) is 16.2. The molecule has 1 heterocycles. The SMILES string of the molecule is COc1ccc([C@@H](C)c2ccnc(C(N)=O)c2[S@@](C)=O)cc1. The van der Waals surface area contributed by atoms with Crippen LogP contribution < -0.4 is 10.5 Å². The lowest BCUT2D eigenvalue weighted by atomic mass is 9.93. The van der Waals surface area contributed by atoms with Gasteiger partial charge in [0, 0.05) is 18.4 Å². The number of aromatic nitrogens is 1. The van der Waals surface area contributed by atoms with E-state index in [-0.39, 0.29) is 11.6 Å². The fourth-order valence-corrected chi connectivity index (χ4v) is 3.36. The van der Waals surface area contributed by atoms with Gasteiger partial charge in [0.15, 0.2) is 0 Å². The third kappa shape index (κ3) is 3.17. The number of amides is 1. The Kier molecular flexibility index (Phi) is 4.92. The first-order valence-corrected chi connectivity index (χ1v) is 8.27. The molecule has 5 nitrogen and oxygen atoms in total. The number of benzene rings is 1. The molecule has 2 N–H and O–H groups in total. The third-order valence-electron chi connectivity index (χ3n) is 3.54. The minimum Gasteiger partial charge on any atom is -0.497 e. The zero-order valence-corrected chi connectivity index (χ0v) is 13.5. The van der Waals surface area contributed by atoms with Crippen LogP contribution in [0.3, 0.4) is 0 Å². The number of carbonyl (C=O) groups is 1. The van der Waals surface area contributed by atoms with Gasteiger partial charge in [0.2, 0.25) is 0 Å². The molecule has 2 rings (SSSR count). The summed E-state index contributed by atoms with van der Waals surface area (Å²) in [7, 11) is 0.249. The van der Waals surface area contributed by atoms with Crippen LogP contribution in [0.2, 0.25) is 0 Å². The van der Waals surface area contributed by atoms with Crippen LogP contribution in [0.1, 0.15) is 34.5 Å². The van der Waals surface area contributed by atoms with E-state index in [1.807, 2.05) is 31.2 Å². The van der Waals surface area contributed by atoms with Crippen molar-refractivity contribution in [2.24, 2.45) is 5.73 Å². The molecule has 0 aliphatic rings. The summed E-state index contributed by atoms with van der Waals surface area (Å²) in [6, 6.07) is 9.39. The summed E-state index contributed by atoms with van der Waals surface area (Å²) in [4.78, 5) is 15.9. The predicted molar refractivity (Wildman–Crippen MR) is 85.6 cm³/mol. The van der Waals surface area contributed by atoms with Crippen molar-refractivity contribution in [2.45, 2.75) is 17.7 Å². The number of primary amides is 1. The van der Waals surface area contributed by atoms with Gasteiger partial charge in [-0.2, -0.15) is 0 Å². The Balaban J connectivity index is 2.52. The van der Waals surface area contributed by atoms with E-state index in [0.29, 0.717) is 4.90 Å². The summed E-state index contributed by atoms with van der Waals surface area (Å²) in [5, 5.41) is 0. The van der Waals surface area contributed by atoms with E-state index in [0.717, 1.165) is 16.9 Å². The van der Waals surface area contributed by atoms with Gasteiger partial charge >= 0.3 is 0 Å². The highest BCUT2D eigenvalue weighted by Gasteiger charge is 2.21. The monoisotopic (exact) mass is 318 g/mol.